The Morgan fingerprint density at radius 3 is 2.09 bits per heavy atom. The van der Waals surface area contributed by atoms with Crippen LogP contribution in [-0.4, -0.2) is 12.0 Å². The summed E-state index contributed by atoms with van der Waals surface area (Å²) in [5, 5.41) is 0. The summed E-state index contributed by atoms with van der Waals surface area (Å²) in [6.45, 7) is 0.815. The van der Waals surface area contributed by atoms with Gasteiger partial charge in [-0.1, -0.05) is 25.7 Å². The third-order valence-corrected chi connectivity index (χ3v) is 1.90. The van der Waals surface area contributed by atoms with Gasteiger partial charge in [0.2, 0.25) is 0 Å². The van der Waals surface area contributed by atoms with E-state index in [0.717, 1.165) is 25.8 Å². The number of hydrogen-bond acceptors (Lipinski definition) is 2. The molecule has 0 radical (unpaired) electrons. The summed E-state index contributed by atoms with van der Waals surface area (Å²) < 4.78 is 0. The van der Waals surface area contributed by atoms with Crippen molar-refractivity contribution in [3.63, 3.8) is 0 Å². The van der Waals surface area contributed by atoms with Crippen molar-refractivity contribution in [3.8, 4) is 0 Å². The molecular weight excluding hydrogens is 160 g/mol. The zero-order valence-electron chi connectivity index (χ0n) is 7.06. The van der Waals surface area contributed by atoms with Crippen molar-refractivity contribution in [1.29, 1.82) is 0 Å². The van der Waals surface area contributed by atoms with E-state index in [1.54, 1.807) is 0 Å². The van der Waals surface area contributed by atoms with Crippen LogP contribution in [0.1, 0.15) is 38.5 Å². The molecule has 0 aliphatic rings. The Labute approximate surface area is 74.3 Å². The average molecular weight is 179 g/mol. The first-order chi connectivity index (χ1) is 5.27. The Morgan fingerprint density at radius 2 is 1.55 bits per heavy atom. The summed E-state index contributed by atoms with van der Waals surface area (Å²) in [6.07, 6.45) is 6.97. The Kier molecular flexibility index (Phi) is 8.47. The van der Waals surface area contributed by atoms with E-state index in [1.807, 2.05) is 0 Å². The molecule has 2 nitrogen and oxygen atoms in total. The van der Waals surface area contributed by atoms with Gasteiger partial charge in [0.15, 0.2) is 0 Å². The van der Waals surface area contributed by atoms with Crippen molar-refractivity contribution in [1.82, 2.24) is 0 Å². The van der Waals surface area contributed by atoms with E-state index >= 15 is 0 Å². The summed E-state index contributed by atoms with van der Waals surface area (Å²) in [7, 11) is 0. The monoisotopic (exact) mass is 178 g/mol. The van der Waals surface area contributed by atoms with Crippen molar-refractivity contribution < 1.29 is 0 Å². The molecule has 0 rings (SSSR count). The lowest BCUT2D eigenvalue weighted by Crippen LogP contribution is -2.10. The topological polar surface area (TPSA) is 52.0 Å². The van der Waals surface area contributed by atoms with Gasteiger partial charge in [-0.3, -0.25) is 0 Å². The number of hydrogen-bond donors (Lipinski definition) is 2. The quantitative estimate of drug-likeness (QED) is 0.355. The molecule has 0 aromatic rings. The van der Waals surface area contributed by atoms with E-state index in [-0.39, 0.29) is 5.50 Å². The van der Waals surface area contributed by atoms with Crippen LogP contribution in [0.2, 0.25) is 0 Å². The van der Waals surface area contributed by atoms with Gasteiger partial charge in [0.25, 0.3) is 0 Å². The van der Waals surface area contributed by atoms with Crippen LogP contribution in [0.4, 0.5) is 0 Å². The fourth-order valence-corrected chi connectivity index (χ4v) is 1.17. The Bertz CT molecular complexity index is 76.5. The van der Waals surface area contributed by atoms with Crippen LogP contribution in [-0.2, 0) is 0 Å². The van der Waals surface area contributed by atoms with Crippen LogP contribution in [0.25, 0.3) is 0 Å². The minimum atomic E-state index is -0.149. The lowest BCUT2D eigenvalue weighted by Gasteiger charge is -2.01. The van der Waals surface area contributed by atoms with Gasteiger partial charge in [0.05, 0.1) is 5.50 Å². The molecule has 0 heterocycles. The summed E-state index contributed by atoms with van der Waals surface area (Å²) >= 11 is 5.58. The SMILES string of the molecule is NCCCCCCCC(N)Cl. The number of alkyl halides is 1. The second-order valence-corrected chi connectivity index (χ2v) is 3.42. The van der Waals surface area contributed by atoms with Crippen LogP contribution in [0.15, 0.2) is 0 Å². The first-order valence-corrected chi connectivity index (χ1v) is 4.80. The molecule has 11 heavy (non-hydrogen) atoms. The van der Waals surface area contributed by atoms with Crippen LogP contribution in [0.3, 0.4) is 0 Å². The second-order valence-electron chi connectivity index (χ2n) is 2.86. The van der Waals surface area contributed by atoms with Crippen molar-refractivity contribution >= 4 is 11.6 Å². The van der Waals surface area contributed by atoms with Crippen LogP contribution in [0.5, 0.6) is 0 Å². The summed E-state index contributed by atoms with van der Waals surface area (Å²) in [6, 6.07) is 0. The fourth-order valence-electron chi connectivity index (χ4n) is 1.01. The maximum Gasteiger partial charge on any atom is 0.0800 e. The number of nitrogens with two attached hydrogens (primary N) is 2. The van der Waals surface area contributed by atoms with Gasteiger partial charge >= 0.3 is 0 Å². The Hall–Kier alpha value is 0.210. The Morgan fingerprint density at radius 1 is 1.00 bits per heavy atom. The van der Waals surface area contributed by atoms with E-state index in [4.69, 9.17) is 23.1 Å². The van der Waals surface area contributed by atoms with Gasteiger partial charge in [-0.15, -0.1) is 11.6 Å². The van der Waals surface area contributed by atoms with Gasteiger partial charge < -0.3 is 11.5 Å². The Balaban J connectivity index is 2.80. The van der Waals surface area contributed by atoms with Gasteiger partial charge in [-0.2, -0.15) is 0 Å². The minimum absolute atomic E-state index is 0.149. The van der Waals surface area contributed by atoms with Gasteiger partial charge in [0, 0.05) is 0 Å². The van der Waals surface area contributed by atoms with Crippen LogP contribution >= 0.6 is 11.6 Å². The zero-order chi connectivity index (χ0) is 8.53. The predicted molar refractivity (Wildman–Crippen MR) is 50.6 cm³/mol. The molecular formula is C8H19ClN2. The maximum atomic E-state index is 5.58. The van der Waals surface area contributed by atoms with Crippen molar-refractivity contribution in [3.05, 3.63) is 0 Å². The molecule has 0 saturated heterocycles. The van der Waals surface area contributed by atoms with Crippen molar-refractivity contribution in [2.45, 2.75) is 44.0 Å². The molecule has 1 unspecified atom stereocenters. The van der Waals surface area contributed by atoms with Gasteiger partial charge in [0.1, 0.15) is 0 Å². The van der Waals surface area contributed by atoms with E-state index in [0.29, 0.717) is 0 Å². The average Bonchev–Trinajstić information content (AvgIpc) is 1.96. The van der Waals surface area contributed by atoms with Crippen molar-refractivity contribution in [2.24, 2.45) is 11.5 Å². The molecule has 0 saturated carbocycles. The number of rotatable bonds is 7. The summed E-state index contributed by atoms with van der Waals surface area (Å²) in [5.41, 5.74) is 10.6. The number of unbranched alkanes of at least 4 members (excludes halogenated alkanes) is 4. The lowest BCUT2D eigenvalue weighted by molar-refractivity contribution is 0.590. The van der Waals surface area contributed by atoms with E-state index in [1.165, 1.54) is 19.3 Å². The highest BCUT2D eigenvalue weighted by molar-refractivity contribution is 6.20. The summed E-state index contributed by atoms with van der Waals surface area (Å²) in [4.78, 5) is 0. The third-order valence-electron chi connectivity index (χ3n) is 1.68. The smallest absolute Gasteiger partial charge is 0.0800 e. The standard InChI is InChI=1S/C8H19ClN2/c9-8(11)6-4-2-1-3-5-7-10/h8H,1-7,10-11H2. The predicted octanol–water partition coefficient (Wildman–Crippen LogP) is 1.81. The molecule has 1 atom stereocenters. The molecule has 4 N–H and O–H groups in total. The van der Waals surface area contributed by atoms with Gasteiger partial charge in [-0.05, 0) is 19.4 Å². The van der Waals surface area contributed by atoms with E-state index < -0.39 is 0 Å². The molecule has 0 spiro atoms. The highest BCUT2D eigenvalue weighted by Gasteiger charge is 1.95. The van der Waals surface area contributed by atoms with Gasteiger partial charge in [-0.25, -0.2) is 0 Å². The first-order valence-electron chi connectivity index (χ1n) is 4.37. The minimum Gasteiger partial charge on any atom is -0.330 e. The van der Waals surface area contributed by atoms with E-state index in [9.17, 15) is 0 Å². The lowest BCUT2D eigenvalue weighted by atomic mass is 10.1. The fraction of sp³-hybridized carbons (Fsp3) is 1.00. The van der Waals surface area contributed by atoms with Crippen molar-refractivity contribution in [2.75, 3.05) is 6.54 Å². The second kappa shape index (κ2) is 8.31. The van der Waals surface area contributed by atoms with E-state index in [2.05, 4.69) is 0 Å². The van der Waals surface area contributed by atoms with Crippen LogP contribution in [0, 0.1) is 0 Å². The first kappa shape index (κ1) is 11.2. The molecule has 0 aliphatic carbocycles. The maximum absolute atomic E-state index is 5.58. The molecule has 0 aliphatic heterocycles. The highest BCUT2D eigenvalue weighted by atomic mass is 35.5. The molecule has 0 aromatic carbocycles. The number of halogens is 1. The highest BCUT2D eigenvalue weighted by Crippen LogP contribution is 2.07. The largest absolute Gasteiger partial charge is 0.330 e. The third kappa shape index (κ3) is 10.2. The molecule has 68 valence electrons. The normalized spacial score (nSPS) is 13.4. The summed E-state index contributed by atoms with van der Waals surface area (Å²) in [5.74, 6) is 0. The molecule has 3 heteroatoms. The zero-order valence-corrected chi connectivity index (χ0v) is 7.82. The van der Waals surface area contributed by atoms with Crippen LogP contribution < -0.4 is 11.5 Å². The molecule has 0 fully saturated rings. The molecule has 0 amide bonds. The molecule has 0 bridgehead atoms. The molecule has 0 aromatic heterocycles.